The number of hydrogen-bond donors (Lipinski definition) is 3. The van der Waals surface area contributed by atoms with Gasteiger partial charge >= 0.3 is 0 Å². The van der Waals surface area contributed by atoms with E-state index in [1.165, 1.54) is 0 Å². The third-order valence-electron chi connectivity index (χ3n) is 3.70. The number of H-pyrrole nitrogens is 1. The van der Waals surface area contributed by atoms with E-state index in [4.69, 9.17) is 5.73 Å². The number of hydrogen-bond acceptors (Lipinski definition) is 4. The van der Waals surface area contributed by atoms with Crippen molar-refractivity contribution in [1.29, 1.82) is 0 Å². The molecule has 18 heavy (non-hydrogen) atoms. The number of nitrogens with one attached hydrogen (secondary N) is 1. The highest BCUT2D eigenvalue weighted by atomic mass is 16.3. The fourth-order valence-electron chi connectivity index (χ4n) is 2.59. The second-order valence-electron chi connectivity index (χ2n) is 4.94. The molecule has 2 atom stereocenters. The topological polar surface area (TPSA) is 95.2 Å². The van der Waals surface area contributed by atoms with Crippen LogP contribution in [-0.2, 0) is 0 Å². The zero-order valence-electron chi connectivity index (χ0n) is 10.8. The lowest BCUT2D eigenvalue weighted by Gasteiger charge is -2.35. The number of likely N-dealkylation sites (N-methyl/N-ethyl adjacent to an activating group) is 1. The van der Waals surface area contributed by atoms with Gasteiger partial charge in [-0.3, -0.25) is 9.89 Å². The van der Waals surface area contributed by atoms with E-state index in [2.05, 4.69) is 10.2 Å². The van der Waals surface area contributed by atoms with Crippen LogP contribution in [0.1, 0.15) is 41.7 Å². The molecular weight excluding hydrogens is 232 g/mol. The third-order valence-corrected chi connectivity index (χ3v) is 3.70. The number of nitrogen functional groups attached to an aromatic ring is 1. The molecule has 1 amide bonds. The fourth-order valence-corrected chi connectivity index (χ4v) is 2.59. The first-order valence-electron chi connectivity index (χ1n) is 6.28. The van der Waals surface area contributed by atoms with Crippen LogP contribution in [0.25, 0.3) is 0 Å². The van der Waals surface area contributed by atoms with Crippen molar-refractivity contribution in [3.05, 3.63) is 11.3 Å². The van der Waals surface area contributed by atoms with E-state index in [1.807, 2.05) is 0 Å². The van der Waals surface area contributed by atoms with Crippen LogP contribution in [0, 0.1) is 6.92 Å². The molecule has 0 spiro atoms. The molecular formula is C12H20N4O2. The van der Waals surface area contributed by atoms with Gasteiger partial charge in [0.05, 0.1) is 12.1 Å². The van der Waals surface area contributed by atoms with Gasteiger partial charge in [-0.05, 0) is 19.8 Å². The second kappa shape index (κ2) is 4.97. The van der Waals surface area contributed by atoms with Gasteiger partial charge in [0, 0.05) is 12.7 Å². The molecule has 0 aromatic carbocycles. The molecule has 2 unspecified atom stereocenters. The maximum Gasteiger partial charge on any atom is 0.259 e. The third kappa shape index (κ3) is 2.20. The molecule has 0 radical (unpaired) electrons. The minimum Gasteiger partial charge on any atom is -0.391 e. The minimum atomic E-state index is -0.443. The van der Waals surface area contributed by atoms with Gasteiger partial charge in [-0.25, -0.2) is 0 Å². The van der Waals surface area contributed by atoms with E-state index in [0.717, 1.165) is 25.7 Å². The summed E-state index contributed by atoms with van der Waals surface area (Å²) in [5, 5.41) is 16.5. The molecule has 1 saturated carbocycles. The smallest absolute Gasteiger partial charge is 0.259 e. The Morgan fingerprint density at radius 2 is 2.17 bits per heavy atom. The van der Waals surface area contributed by atoms with E-state index in [1.54, 1.807) is 18.9 Å². The number of aliphatic hydroxyl groups excluding tert-OH is 1. The summed E-state index contributed by atoms with van der Waals surface area (Å²) in [6, 6.07) is -0.125. The number of anilines is 1. The average molecular weight is 252 g/mol. The number of carbonyl (C=O) groups excluding carboxylic acids is 1. The molecule has 6 heteroatoms. The lowest BCUT2D eigenvalue weighted by atomic mass is 9.91. The van der Waals surface area contributed by atoms with Crippen molar-refractivity contribution < 1.29 is 9.90 Å². The van der Waals surface area contributed by atoms with Gasteiger partial charge in [0.25, 0.3) is 5.91 Å². The summed E-state index contributed by atoms with van der Waals surface area (Å²) in [4.78, 5) is 14.0. The highest BCUT2D eigenvalue weighted by Crippen LogP contribution is 2.25. The molecule has 6 nitrogen and oxygen atoms in total. The maximum absolute atomic E-state index is 12.4. The summed E-state index contributed by atoms with van der Waals surface area (Å²) < 4.78 is 0. The molecule has 0 bridgehead atoms. The minimum absolute atomic E-state index is 0.125. The summed E-state index contributed by atoms with van der Waals surface area (Å²) in [6.45, 7) is 1.77. The Balaban J connectivity index is 2.18. The number of rotatable bonds is 2. The molecule has 1 fully saturated rings. The molecule has 1 aliphatic rings. The summed E-state index contributed by atoms with van der Waals surface area (Å²) in [7, 11) is 1.72. The van der Waals surface area contributed by atoms with Crippen LogP contribution in [0.15, 0.2) is 0 Å². The lowest BCUT2D eigenvalue weighted by Crippen LogP contribution is -2.46. The number of aromatic amines is 1. The number of aromatic nitrogens is 2. The lowest BCUT2D eigenvalue weighted by molar-refractivity contribution is 0.0268. The zero-order chi connectivity index (χ0) is 13.3. The Bertz CT molecular complexity index is 424. The first kappa shape index (κ1) is 12.9. The van der Waals surface area contributed by atoms with Crippen molar-refractivity contribution >= 4 is 11.7 Å². The Morgan fingerprint density at radius 1 is 1.50 bits per heavy atom. The van der Waals surface area contributed by atoms with Crippen molar-refractivity contribution in [2.24, 2.45) is 0 Å². The van der Waals surface area contributed by atoms with Crippen LogP contribution in [0.5, 0.6) is 0 Å². The Kier molecular flexibility index (Phi) is 3.56. The standard InChI is InChI=1S/C12H20N4O2/c1-7-10(11(13)15-14-7)12(18)16(2)8-5-3-4-6-9(8)17/h8-9,17H,3-6H2,1-2H3,(H3,13,14,15). The fraction of sp³-hybridized carbons (Fsp3) is 0.667. The van der Waals surface area contributed by atoms with E-state index in [0.29, 0.717) is 11.3 Å². The van der Waals surface area contributed by atoms with Gasteiger partial charge in [-0.2, -0.15) is 5.10 Å². The average Bonchev–Trinajstić information content (AvgIpc) is 2.68. The molecule has 4 N–H and O–H groups in total. The molecule has 0 aliphatic heterocycles. The molecule has 1 aromatic heterocycles. The van der Waals surface area contributed by atoms with E-state index < -0.39 is 6.10 Å². The van der Waals surface area contributed by atoms with E-state index in [-0.39, 0.29) is 17.8 Å². The van der Waals surface area contributed by atoms with Gasteiger partial charge in [0.1, 0.15) is 5.56 Å². The predicted octanol–water partition coefficient (Wildman–Crippen LogP) is 0.676. The van der Waals surface area contributed by atoms with Gasteiger partial charge in [0.2, 0.25) is 0 Å². The van der Waals surface area contributed by atoms with Crippen LogP contribution in [0.3, 0.4) is 0 Å². The summed E-state index contributed by atoms with van der Waals surface area (Å²) >= 11 is 0. The molecule has 2 rings (SSSR count). The van der Waals surface area contributed by atoms with Crippen LogP contribution in [-0.4, -0.2) is 45.3 Å². The molecule has 1 heterocycles. The summed E-state index contributed by atoms with van der Waals surface area (Å²) in [5.41, 5.74) is 6.77. The van der Waals surface area contributed by atoms with Gasteiger partial charge in [-0.1, -0.05) is 12.8 Å². The number of carbonyl (C=O) groups is 1. The first-order chi connectivity index (χ1) is 8.52. The highest BCUT2D eigenvalue weighted by Gasteiger charge is 2.31. The van der Waals surface area contributed by atoms with Gasteiger partial charge < -0.3 is 15.7 Å². The van der Waals surface area contributed by atoms with E-state index >= 15 is 0 Å². The van der Waals surface area contributed by atoms with Gasteiger partial charge in [0.15, 0.2) is 5.82 Å². The van der Waals surface area contributed by atoms with Crippen molar-refractivity contribution in [3.63, 3.8) is 0 Å². The van der Waals surface area contributed by atoms with Crippen LogP contribution in [0.4, 0.5) is 5.82 Å². The second-order valence-corrected chi connectivity index (χ2v) is 4.94. The zero-order valence-corrected chi connectivity index (χ0v) is 10.8. The van der Waals surface area contributed by atoms with Crippen molar-refractivity contribution in [2.75, 3.05) is 12.8 Å². The van der Waals surface area contributed by atoms with Crippen LogP contribution < -0.4 is 5.73 Å². The number of aryl methyl sites for hydroxylation is 1. The quantitative estimate of drug-likeness (QED) is 0.721. The summed E-state index contributed by atoms with van der Waals surface area (Å²) in [6.07, 6.45) is 3.20. The van der Waals surface area contributed by atoms with Gasteiger partial charge in [-0.15, -0.1) is 0 Å². The number of nitrogens with zero attached hydrogens (tertiary/aromatic N) is 2. The Hall–Kier alpha value is -1.56. The maximum atomic E-state index is 12.4. The highest BCUT2D eigenvalue weighted by molar-refractivity contribution is 5.99. The summed E-state index contributed by atoms with van der Waals surface area (Å²) in [5.74, 6) is 0.0411. The van der Waals surface area contributed by atoms with Crippen LogP contribution >= 0.6 is 0 Å². The molecule has 0 saturated heterocycles. The molecule has 1 aliphatic carbocycles. The Labute approximate surface area is 106 Å². The van der Waals surface area contributed by atoms with Crippen molar-refractivity contribution in [3.8, 4) is 0 Å². The molecule has 1 aromatic rings. The monoisotopic (exact) mass is 252 g/mol. The van der Waals surface area contributed by atoms with Crippen molar-refractivity contribution in [1.82, 2.24) is 15.1 Å². The van der Waals surface area contributed by atoms with E-state index in [9.17, 15) is 9.90 Å². The SMILES string of the molecule is Cc1[nH]nc(N)c1C(=O)N(C)C1CCCCC1O. The Morgan fingerprint density at radius 3 is 2.72 bits per heavy atom. The number of nitrogens with two attached hydrogens (primary N) is 1. The molecule has 100 valence electrons. The normalized spacial score (nSPS) is 23.9. The largest absolute Gasteiger partial charge is 0.391 e. The van der Waals surface area contributed by atoms with Crippen LogP contribution in [0.2, 0.25) is 0 Å². The number of amides is 1. The predicted molar refractivity (Wildman–Crippen MR) is 68.1 cm³/mol. The number of aliphatic hydroxyl groups is 1. The first-order valence-corrected chi connectivity index (χ1v) is 6.28. The van der Waals surface area contributed by atoms with Crippen molar-refractivity contribution in [2.45, 2.75) is 44.8 Å².